The fourth-order valence-electron chi connectivity index (χ4n) is 1.75. The van der Waals surface area contributed by atoms with E-state index < -0.39 is 11.9 Å². The number of aromatic carboxylic acids is 2. The molecule has 0 radical (unpaired) electrons. The maximum Gasteiger partial charge on any atom is 2.00 e. The van der Waals surface area contributed by atoms with Crippen molar-refractivity contribution in [3.8, 4) is 0 Å². The summed E-state index contributed by atoms with van der Waals surface area (Å²) in [5.74, 6) is -2.24. The van der Waals surface area contributed by atoms with Gasteiger partial charge in [-0.15, -0.1) is 0 Å². The third kappa shape index (κ3) is 7.64. The Morgan fingerprint density at radius 2 is 0.957 bits per heavy atom. The van der Waals surface area contributed by atoms with Crippen molar-refractivity contribution in [1.29, 1.82) is 0 Å². The SMILES string of the molecule is CCc1ccc(C(=O)[O-])cc1.CCc1ccc(C(=O)[O-])cc1.[Ca+2]. The van der Waals surface area contributed by atoms with Gasteiger partial charge in [0.1, 0.15) is 0 Å². The van der Waals surface area contributed by atoms with Crippen LogP contribution in [0.4, 0.5) is 0 Å². The Morgan fingerprint density at radius 1 is 0.696 bits per heavy atom. The van der Waals surface area contributed by atoms with Crippen LogP contribution in [0.3, 0.4) is 0 Å². The molecule has 0 heterocycles. The Bertz CT molecular complexity index is 561. The first-order chi connectivity index (χ1) is 10.5. The number of carboxylic acid groups (broad SMARTS) is 2. The largest absolute Gasteiger partial charge is 2.00 e. The van der Waals surface area contributed by atoms with Gasteiger partial charge in [0, 0.05) is 0 Å². The van der Waals surface area contributed by atoms with Gasteiger partial charge in [0.05, 0.1) is 11.9 Å². The molecule has 0 N–H and O–H groups in total. The summed E-state index contributed by atoms with van der Waals surface area (Å²) >= 11 is 0. The molecule has 0 saturated carbocycles. The summed E-state index contributed by atoms with van der Waals surface area (Å²) in [6.07, 6.45) is 1.85. The first kappa shape index (κ1) is 21.6. The molecule has 0 unspecified atom stereocenters. The van der Waals surface area contributed by atoms with Crippen molar-refractivity contribution in [2.24, 2.45) is 0 Å². The average molecular weight is 338 g/mol. The minimum Gasteiger partial charge on any atom is -0.545 e. The molecule has 0 spiro atoms. The van der Waals surface area contributed by atoms with Crippen molar-refractivity contribution in [1.82, 2.24) is 0 Å². The summed E-state index contributed by atoms with van der Waals surface area (Å²) in [5.41, 5.74) is 2.74. The average Bonchev–Trinajstić information content (AvgIpc) is 2.55. The van der Waals surface area contributed by atoms with Crippen LogP contribution in [0.5, 0.6) is 0 Å². The van der Waals surface area contributed by atoms with Crippen molar-refractivity contribution in [2.75, 3.05) is 0 Å². The number of aryl methyl sites for hydroxylation is 2. The summed E-state index contributed by atoms with van der Waals surface area (Å²) in [5, 5.41) is 20.6. The minimum absolute atomic E-state index is 0. The molecule has 0 aromatic heterocycles. The molecule has 2 rings (SSSR count). The van der Waals surface area contributed by atoms with Crippen LogP contribution >= 0.6 is 0 Å². The van der Waals surface area contributed by atoms with Crippen LogP contribution < -0.4 is 10.2 Å². The maximum absolute atomic E-state index is 10.3. The molecule has 0 atom stereocenters. The first-order valence-electron chi connectivity index (χ1n) is 7.08. The molecule has 2 aromatic carbocycles. The Morgan fingerprint density at radius 3 is 1.13 bits per heavy atom. The van der Waals surface area contributed by atoms with Crippen LogP contribution in [0.25, 0.3) is 0 Å². The van der Waals surface area contributed by atoms with Crippen LogP contribution in [0.15, 0.2) is 48.5 Å². The first-order valence-corrected chi connectivity index (χ1v) is 7.08. The molecule has 0 aliphatic rings. The zero-order valence-electron chi connectivity index (χ0n) is 13.4. The van der Waals surface area contributed by atoms with E-state index in [0.29, 0.717) is 0 Å². The summed E-state index contributed by atoms with van der Waals surface area (Å²) in [6, 6.07) is 13.4. The van der Waals surface area contributed by atoms with Gasteiger partial charge >= 0.3 is 37.7 Å². The molecule has 4 nitrogen and oxygen atoms in total. The van der Waals surface area contributed by atoms with Crippen LogP contribution in [0.2, 0.25) is 0 Å². The van der Waals surface area contributed by atoms with E-state index in [1.165, 1.54) is 0 Å². The van der Waals surface area contributed by atoms with Crippen molar-refractivity contribution >= 4 is 49.7 Å². The fraction of sp³-hybridized carbons (Fsp3) is 0.222. The number of hydrogen-bond acceptors (Lipinski definition) is 4. The maximum atomic E-state index is 10.3. The van der Waals surface area contributed by atoms with Crippen molar-refractivity contribution in [2.45, 2.75) is 26.7 Å². The molecular weight excluding hydrogens is 320 g/mol. The molecule has 116 valence electrons. The zero-order chi connectivity index (χ0) is 16.5. The van der Waals surface area contributed by atoms with Crippen LogP contribution in [0, 0.1) is 0 Å². The van der Waals surface area contributed by atoms with Gasteiger partial charge in [-0.2, -0.15) is 0 Å². The monoisotopic (exact) mass is 338 g/mol. The van der Waals surface area contributed by atoms with Crippen LogP contribution in [0.1, 0.15) is 45.7 Å². The molecule has 0 saturated heterocycles. The molecule has 2 aromatic rings. The predicted molar refractivity (Wildman–Crippen MR) is 86.1 cm³/mol. The number of carbonyl (C=O) groups excluding carboxylic acids is 2. The number of carboxylic acids is 2. The van der Waals surface area contributed by atoms with Gasteiger partial charge in [0.15, 0.2) is 0 Å². The Balaban J connectivity index is 0.000000403. The van der Waals surface area contributed by atoms with Crippen molar-refractivity contribution < 1.29 is 19.8 Å². The molecule has 5 heteroatoms. The second-order valence-electron chi connectivity index (χ2n) is 4.68. The van der Waals surface area contributed by atoms with Gasteiger partial charge < -0.3 is 19.8 Å². The predicted octanol–water partition coefficient (Wildman–Crippen LogP) is 0.844. The van der Waals surface area contributed by atoms with E-state index in [4.69, 9.17) is 0 Å². The second-order valence-corrected chi connectivity index (χ2v) is 4.68. The van der Waals surface area contributed by atoms with Gasteiger partial charge in [-0.25, -0.2) is 0 Å². The third-order valence-corrected chi connectivity index (χ3v) is 3.20. The Labute approximate surface area is 166 Å². The summed E-state index contributed by atoms with van der Waals surface area (Å²) in [4.78, 5) is 20.6. The summed E-state index contributed by atoms with van der Waals surface area (Å²) in [7, 11) is 0. The van der Waals surface area contributed by atoms with Crippen LogP contribution in [-0.4, -0.2) is 49.7 Å². The molecule has 0 aliphatic carbocycles. The van der Waals surface area contributed by atoms with Gasteiger partial charge in [0.2, 0.25) is 0 Å². The van der Waals surface area contributed by atoms with E-state index in [1.54, 1.807) is 48.5 Å². The second kappa shape index (κ2) is 11.2. The van der Waals surface area contributed by atoms with Gasteiger partial charge in [-0.1, -0.05) is 62.4 Å². The van der Waals surface area contributed by atoms with E-state index in [-0.39, 0.29) is 48.9 Å². The molecule has 0 bridgehead atoms. The topological polar surface area (TPSA) is 80.3 Å². The number of carbonyl (C=O) groups is 2. The van der Waals surface area contributed by atoms with Gasteiger partial charge in [-0.05, 0) is 35.1 Å². The fourth-order valence-corrected chi connectivity index (χ4v) is 1.75. The van der Waals surface area contributed by atoms with E-state index in [0.717, 1.165) is 24.0 Å². The molecule has 0 fully saturated rings. The number of rotatable bonds is 4. The Hall–Kier alpha value is -1.36. The van der Waals surface area contributed by atoms with E-state index >= 15 is 0 Å². The minimum atomic E-state index is -1.12. The van der Waals surface area contributed by atoms with Crippen LogP contribution in [-0.2, 0) is 12.8 Å². The quantitative estimate of drug-likeness (QED) is 0.774. The standard InChI is InChI=1S/2C9H10O2.Ca/c2*1-2-7-3-5-8(6-4-7)9(10)11;/h2*3-6H,2H2,1H3,(H,10,11);/q;;+2/p-2. The summed E-state index contributed by atoms with van der Waals surface area (Å²) < 4.78 is 0. The summed E-state index contributed by atoms with van der Waals surface area (Å²) in [6.45, 7) is 4.04. The van der Waals surface area contributed by atoms with E-state index in [9.17, 15) is 19.8 Å². The molecular formula is C18H18CaO4. The molecule has 0 aliphatic heterocycles. The van der Waals surface area contributed by atoms with Gasteiger partial charge in [-0.3, -0.25) is 0 Å². The van der Waals surface area contributed by atoms with Gasteiger partial charge in [0.25, 0.3) is 0 Å². The van der Waals surface area contributed by atoms with E-state index in [1.807, 2.05) is 13.8 Å². The molecule has 0 amide bonds. The van der Waals surface area contributed by atoms with Crippen molar-refractivity contribution in [3.05, 3.63) is 70.8 Å². The van der Waals surface area contributed by atoms with Crippen molar-refractivity contribution in [3.63, 3.8) is 0 Å². The molecule has 23 heavy (non-hydrogen) atoms. The Kier molecular flexibility index (Phi) is 10.6. The zero-order valence-corrected chi connectivity index (χ0v) is 15.6. The normalized spacial score (nSPS) is 9.13. The number of benzene rings is 2. The number of hydrogen-bond donors (Lipinski definition) is 0. The smallest absolute Gasteiger partial charge is 0.545 e. The van der Waals surface area contributed by atoms with E-state index in [2.05, 4.69) is 0 Å². The third-order valence-electron chi connectivity index (χ3n) is 3.20.